The van der Waals surface area contributed by atoms with Crippen molar-refractivity contribution in [3.8, 4) is 11.1 Å². The lowest BCUT2D eigenvalue weighted by molar-refractivity contribution is -0.137. The first-order valence-corrected chi connectivity index (χ1v) is 8.74. The van der Waals surface area contributed by atoms with Crippen LogP contribution >= 0.6 is 0 Å². The Labute approximate surface area is 152 Å². The van der Waals surface area contributed by atoms with Gasteiger partial charge in [0.2, 0.25) is 0 Å². The van der Waals surface area contributed by atoms with Gasteiger partial charge in [-0.15, -0.1) is 0 Å². The number of rotatable bonds is 7. The Morgan fingerprint density at radius 3 is 2.50 bits per heavy atom. The molecule has 2 aromatic rings. The number of aromatic nitrogens is 2. The fourth-order valence-electron chi connectivity index (χ4n) is 2.94. The molecule has 1 atom stereocenters. The average molecular weight is 369 g/mol. The molecule has 0 saturated carbocycles. The van der Waals surface area contributed by atoms with Crippen LogP contribution in [0.1, 0.15) is 50.1 Å². The topological polar surface area (TPSA) is 52.2 Å². The fraction of sp³-hybridized carbons (Fsp3) is 0.526. The maximum absolute atomic E-state index is 13.4. The van der Waals surface area contributed by atoms with Gasteiger partial charge in [-0.3, -0.25) is 5.10 Å². The van der Waals surface area contributed by atoms with Gasteiger partial charge in [-0.25, -0.2) is 0 Å². The lowest BCUT2D eigenvalue weighted by atomic mass is 9.93. The van der Waals surface area contributed by atoms with Crippen LogP contribution in [-0.2, 0) is 12.7 Å². The van der Waals surface area contributed by atoms with E-state index in [9.17, 15) is 18.3 Å². The molecule has 1 unspecified atom stereocenters. The minimum Gasteiger partial charge on any atom is -0.388 e. The molecular formula is C19H26F3N3O. The third-order valence-electron chi connectivity index (χ3n) is 4.32. The van der Waals surface area contributed by atoms with Crippen molar-refractivity contribution in [3.63, 3.8) is 0 Å². The first-order valence-electron chi connectivity index (χ1n) is 8.74. The summed E-state index contributed by atoms with van der Waals surface area (Å²) in [6.45, 7) is 7.04. The van der Waals surface area contributed by atoms with Gasteiger partial charge in [-0.05, 0) is 55.3 Å². The molecule has 7 heteroatoms. The highest BCUT2D eigenvalue weighted by atomic mass is 19.4. The fourth-order valence-corrected chi connectivity index (χ4v) is 2.94. The molecule has 1 aromatic heterocycles. The van der Waals surface area contributed by atoms with Gasteiger partial charge >= 0.3 is 6.18 Å². The highest BCUT2D eigenvalue weighted by Crippen LogP contribution is 2.36. The molecule has 0 aliphatic heterocycles. The molecule has 4 nitrogen and oxygen atoms in total. The number of nitrogens with one attached hydrogen (secondary N) is 1. The van der Waals surface area contributed by atoms with Crippen molar-refractivity contribution in [2.24, 2.45) is 5.92 Å². The van der Waals surface area contributed by atoms with E-state index in [-0.39, 0.29) is 11.5 Å². The second-order valence-corrected chi connectivity index (χ2v) is 7.03. The van der Waals surface area contributed by atoms with Gasteiger partial charge in [-0.2, -0.15) is 18.3 Å². The summed E-state index contributed by atoms with van der Waals surface area (Å²) in [5.74, 6) is -0.189. The number of nitrogens with zero attached hydrogens (tertiary/aromatic N) is 2. The molecular weight excluding hydrogens is 343 g/mol. The molecule has 1 heterocycles. The molecule has 0 aliphatic carbocycles. The Bertz CT molecular complexity index is 725. The Kier molecular flexibility index (Phi) is 6.47. The number of hydrogen-bond donors (Lipinski definition) is 2. The van der Waals surface area contributed by atoms with Crippen LogP contribution < -0.4 is 0 Å². The first kappa shape index (κ1) is 20.5. The molecule has 0 aliphatic rings. The van der Waals surface area contributed by atoms with E-state index in [1.807, 2.05) is 7.05 Å². The van der Waals surface area contributed by atoms with Crippen molar-refractivity contribution in [2.75, 3.05) is 13.6 Å². The smallest absolute Gasteiger partial charge is 0.388 e. The van der Waals surface area contributed by atoms with Gasteiger partial charge in [0.1, 0.15) is 0 Å². The van der Waals surface area contributed by atoms with Crippen LogP contribution in [0, 0.1) is 5.92 Å². The minimum atomic E-state index is -4.48. The van der Waals surface area contributed by atoms with Crippen LogP contribution in [0.15, 0.2) is 24.4 Å². The molecule has 0 saturated heterocycles. The van der Waals surface area contributed by atoms with Crippen molar-refractivity contribution in [1.82, 2.24) is 15.1 Å². The van der Waals surface area contributed by atoms with Crippen molar-refractivity contribution in [2.45, 2.75) is 46.0 Å². The summed E-state index contributed by atoms with van der Waals surface area (Å²) in [6.07, 6.45) is -2.93. The number of hydrogen-bond acceptors (Lipinski definition) is 3. The second-order valence-electron chi connectivity index (χ2n) is 7.03. The van der Waals surface area contributed by atoms with E-state index >= 15 is 0 Å². The minimum absolute atomic E-state index is 0.189. The maximum atomic E-state index is 13.4. The van der Waals surface area contributed by atoms with Crippen LogP contribution in [0.2, 0.25) is 0 Å². The molecule has 26 heavy (non-hydrogen) atoms. The monoisotopic (exact) mass is 369 g/mol. The number of aliphatic hydroxyl groups is 1. The number of aliphatic hydroxyl groups excluding tert-OH is 1. The predicted octanol–water partition coefficient (Wildman–Crippen LogP) is 4.63. The summed E-state index contributed by atoms with van der Waals surface area (Å²) in [5.41, 5.74) is 1.28. The zero-order chi connectivity index (χ0) is 19.5. The van der Waals surface area contributed by atoms with Crippen molar-refractivity contribution in [3.05, 3.63) is 41.2 Å². The zero-order valence-electron chi connectivity index (χ0n) is 15.6. The number of benzene rings is 1. The molecule has 2 rings (SSSR count). The second kappa shape index (κ2) is 8.22. The molecule has 1 aromatic carbocycles. The molecule has 0 amide bonds. The molecule has 144 valence electrons. The van der Waals surface area contributed by atoms with E-state index in [4.69, 9.17) is 0 Å². The maximum Gasteiger partial charge on any atom is 0.416 e. The molecule has 0 bridgehead atoms. The van der Waals surface area contributed by atoms with Crippen molar-refractivity contribution < 1.29 is 18.3 Å². The van der Waals surface area contributed by atoms with Crippen LogP contribution in [0.5, 0.6) is 0 Å². The Morgan fingerprint density at radius 1 is 1.23 bits per heavy atom. The van der Waals surface area contributed by atoms with E-state index in [0.717, 1.165) is 30.8 Å². The van der Waals surface area contributed by atoms with Gasteiger partial charge in [0.15, 0.2) is 0 Å². The van der Waals surface area contributed by atoms with Crippen LogP contribution in [0.25, 0.3) is 11.1 Å². The van der Waals surface area contributed by atoms with Gasteiger partial charge in [0.05, 0.1) is 23.6 Å². The summed E-state index contributed by atoms with van der Waals surface area (Å²) in [5, 5.41) is 17.2. The third-order valence-corrected chi connectivity index (χ3v) is 4.32. The Balaban J connectivity index is 2.49. The lowest BCUT2D eigenvalue weighted by Crippen LogP contribution is -2.19. The van der Waals surface area contributed by atoms with E-state index < -0.39 is 17.8 Å². The summed E-state index contributed by atoms with van der Waals surface area (Å²) in [7, 11) is 1.95. The van der Waals surface area contributed by atoms with E-state index in [1.54, 1.807) is 19.9 Å². The van der Waals surface area contributed by atoms with E-state index in [0.29, 0.717) is 17.7 Å². The van der Waals surface area contributed by atoms with Gasteiger partial charge in [0.25, 0.3) is 0 Å². The quantitative estimate of drug-likeness (QED) is 0.748. The van der Waals surface area contributed by atoms with Crippen molar-refractivity contribution >= 4 is 0 Å². The van der Waals surface area contributed by atoms with Gasteiger partial charge in [0, 0.05) is 12.1 Å². The standard InChI is InChI=1S/C19H26F3N3O/c1-5-6-25(4)11-17-16(10-23-24-17)13-7-14(18(26)12(2)3)9-15(8-13)19(20,21)22/h7-10,12,18,26H,5-6,11H2,1-4H3,(H,23,24). The third kappa shape index (κ3) is 4.86. The van der Waals surface area contributed by atoms with Crippen molar-refractivity contribution in [1.29, 1.82) is 0 Å². The molecule has 0 radical (unpaired) electrons. The predicted molar refractivity (Wildman–Crippen MR) is 95.4 cm³/mol. The lowest BCUT2D eigenvalue weighted by Gasteiger charge is -2.19. The van der Waals surface area contributed by atoms with E-state index in [2.05, 4.69) is 22.0 Å². The molecule has 0 spiro atoms. The summed E-state index contributed by atoms with van der Waals surface area (Å²) < 4.78 is 40.1. The highest BCUT2D eigenvalue weighted by Gasteiger charge is 2.32. The van der Waals surface area contributed by atoms with Gasteiger partial charge in [-0.1, -0.05) is 20.8 Å². The normalized spacial score (nSPS) is 13.6. The molecule has 0 fully saturated rings. The van der Waals surface area contributed by atoms with Crippen LogP contribution in [0.4, 0.5) is 13.2 Å². The molecule has 2 N–H and O–H groups in total. The zero-order valence-corrected chi connectivity index (χ0v) is 15.6. The van der Waals surface area contributed by atoms with E-state index in [1.165, 1.54) is 6.20 Å². The summed E-state index contributed by atoms with van der Waals surface area (Å²) in [4.78, 5) is 2.08. The Hall–Kier alpha value is -1.86. The number of halogens is 3. The Morgan fingerprint density at radius 2 is 1.92 bits per heavy atom. The van der Waals surface area contributed by atoms with Crippen LogP contribution in [0.3, 0.4) is 0 Å². The average Bonchev–Trinajstić information content (AvgIpc) is 3.01. The number of aromatic amines is 1. The number of alkyl halides is 3. The summed E-state index contributed by atoms with van der Waals surface area (Å²) in [6, 6.07) is 3.76. The first-order chi connectivity index (χ1) is 12.1. The highest BCUT2D eigenvalue weighted by molar-refractivity contribution is 5.67. The summed E-state index contributed by atoms with van der Waals surface area (Å²) >= 11 is 0. The van der Waals surface area contributed by atoms with Gasteiger partial charge < -0.3 is 10.0 Å². The van der Waals surface area contributed by atoms with Crippen LogP contribution in [-0.4, -0.2) is 33.8 Å². The SMILES string of the molecule is CCCN(C)Cc1[nH]ncc1-c1cc(C(O)C(C)C)cc(C(F)(F)F)c1. The number of H-pyrrole nitrogens is 1. The largest absolute Gasteiger partial charge is 0.416 e.